The SMILES string of the molecule is Cc1ccc(-n2ncc3c(=O)n4c(nc32)SCC4CC(=O)NCCc2c[nH]c3ccccc23)c(C)c1. The molecule has 6 rings (SSSR count). The van der Waals surface area contributed by atoms with Crippen LogP contribution in [0.25, 0.3) is 27.6 Å². The number of aryl methyl sites for hydroxylation is 2. The molecule has 9 heteroatoms. The number of H-pyrrole nitrogens is 1. The van der Waals surface area contributed by atoms with Gasteiger partial charge in [-0.3, -0.25) is 14.2 Å². The van der Waals surface area contributed by atoms with E-state index in [2.05, 4.69) is 27.5 Å². The molecule has 3 aromatic heterocycles. The minimum Gasteiger partial charge on any atom is -0.361 e. The van der Waals surface area contributed by atoms with E-state index in [0.29, 0.717) is 28.5 Å². The van der Waals surface area contributed by atoms with E-state index in [4.69, 9.17) is 4.98 Å². The highest BCUT2D eigenvalue weighted by molar-refractivity contribution is 7.99. The summed E-state index contributed by atoms with van der Waals surface area (Å²) in [6.45, 7) is 4.62. The first-order valence-electron chi connectivity index (χ1n) is 12.0. The molecule has 8 nitrogen and oxygen atoms in total. The third kappa shape index (κ3) is 3.89. The number of carbonyl (C=O) groups excluding carboxylic acids is 1. The summed E-state index contributed by atoms with van der Waals surface area (Å²) in [5.41, 5.74) is 5.81. The molecule has 4 heterocycles. The van der Waals surface area contributed by atoms with Crippen LogP contribution in [0.5, 0.6) is 0 Å². The second-order valence-corrected chi connectivity index (χ2v) is 10.3. The van der Waals surface area contributed by atoms with Gasteiger partial charge < -0.3 is 10.3 Å². The summed E-state index contributed by atoms with van der Waals surface area (Å²) in [4.78, 5) is 34.2. The Kier molecular flexibility index (Phi) is 5.64. The summed E-state index contributed by atoms with van der Waals surface area (Å²) in [6, 6.07) is 14.0. The van der Waals surface area contributed by atoms with Crippen LogP contribution in [0.1, 0.15) is 29.2 Å². The Bertz CT molecular complexity index is 1680. The summed E-state index contributed by atoms with van der Waals surface area (Å²) in [6.07, 6.45) is 4.56. The van der Waals surface area contributed by atoms with Crippen LogP contribution in [0, 0.1) is 13.8 Å². The Labute approximate surface area is 211 Å². The van der Waals surface area contributed by atoms with Gasteiger partial charge >= 0.3 is 0 Å². The van der Waals surface area contributed by atoms with Crippen molar-refractivity contribution < 1.29 is 4.79 Å². The van der Waals surface area contributed by atoms with Gasteiger partial charge in [-0.05, 0) is 43.5 Å². The maximum atomic E-state index is 13.4. The van der Waals surface area contributed by atoms with Crippen molar-refractivity contribution >= 4 is 39.6 Å². The zero-order valence-corrected chi connectivity index (χ0v) is 20.9. The van der Waals surface area contributed by atoms with Gasteiger partial charge in [-0.2, -0.15) is 5.10 Å². The van der Waals surface area contributed by atoms with Crippen LogP contribution >= 0.6 is 11.8 Å². The van der Waals surface area contributed by atoms with Gasteiger partial charge in [0.2, 0.25) is 5.91 Å². The van der Waals surface area contributed by atoms with E-state index in [1.807, 2.05) is 50.4 Å². The molecule has 0 radical (unpaired) electrons. The van der Waals surface area contributed by atoms with Crippen molar-refractivity contribution in [3.63, 3.8) is 0 Å². The maximum Gasteiger partial charge on any atom is 0.265 e. The highest BCUT2D eigenvalue weighted by Gasteiger charge is 2.29. The number of carbonyl (C=O) groups is 1. The maximum absolute atomic E-state index is 13.4. The molecule has 36 heavy (non-hydrogen) atoms. The molecule has 0 spiro atoms. The minimum atomic E-state index is -0.230. The number of para-hydroxylation sites is 1. The lowest BCUT2D eigenvalue weighted by Crippen LogP contribution is -2.31. The number of aromatic amines is 1. The van der Waals surface area contributed by atoms with Crippen LogP contribution in [0.3, 0.4) is 0 Å². The van der Waals surface area contributed by atoms with Crippen LogP contribution < -0.4 is 10.9 Å². The lowest BCUT2D eigenvalue weighted by atomic mass is 10.1. The Balaban J connectivity index is 1.19. The van der Waals surface area contributed by atoms with Gasteiger partial charge in [-0.25, -0.2) is 9.67 Å². The van der Waals surface area contributed by atoms with Crippen LogP contribution in [0.4, 0.5) is 0 Å². The molecule has 0 saturated carbocycles. The average Bonchev–Trinajstić information content (AvgIpc) is 3.57. The topological polar surface area (TPSA) is 97.6 Å². The van der Waals surface area contributed by atoms with Crippen molar-refractivity contribution in [1.29, 1.82) is 0 Å². The molecule has 2 N–H and O–H groups in total. The van der Waals surface area contributed by atoms with Gasteiger partial charge in [0.15, 0.2) is 10.8 Å². The molecule has 1 aliphatic rings. The summed E-state index contributed by atoms with van der Waals surface area (Å²) in [7, 11) is 0. The largest absolute Gasteiger partial charge is 0.361 e. The van der Waals surface area contributed by atoms with Gasteiger partial charge in [0.05, 0.1) is 17.9 Å². The van der Waals surface area contributed by atoms with E-state index in [9.17, 15) is 9.59 Å². The van der Waals surface area contributed by atoms with Crippen molar-refractivity contribution in [3.8, 4) is 5.69 Å². The van der Waals surface area contributed by atoms with E-state index < -0.39 is 0 Å². The summed E-state index contributed by atoms with van der Waals surface area (Å²) in [5.74, 6) is 0.577. The molecule has 182 valence electrons. The number of hydrogen-bond acceptors (Lipinski definition) is 5. The quantitative estimate of drug-likeness (QED) is 0.344. The van der Waals surface area contributed by atoms with Crippen molar-refractivity contribution in [2.75, 3.05) is 12.3 Å². The van der Waals surface area contributed by atoms with E-state index in [-0.39, 0.29) is 23.9 Å². The van der Waals surface area contributed by atoms with Crippen molar-refractivity contribution in [2.24, 2.45) is 0 Å². The molecule has 0 bridgehead atoms. The zero-order chi connectivity index (χ0) is 24.8. The van der Waals surface area contributed by atoms with E-state index >= 15 is 0 Å². The monoisotopic (exact) mass is 498 g/mol. The molecule has 2 aromatic carbocycles. The number of nitrogens with one attached hydrogen (secondary N) is 2. The highest BCUT2D eigenvalue weighted by atomic mass is 32.2. The summed E-state index contributed by atoms with van der Waals surface area (Å²) in [5, 5.41) is 9.78. The standard InChI is InChI=1S/C27H26N6O2S/c1-16-7-8-23(17(2)11-16)33-25-21(14-30-33)26(35)32-19(15-36-27(32)31-25)12-24(34)28-10-9-18-13-29-22-6-4-3-5-20(18)22/h3-8,11,13-14,19,29H,9-10,12,15H2,1-2H3,(H,28,34). The van der Waals surface area contributed by atoms with Crippen LogP contribution in [-0.4, -0.2) is 42.5 Å². The Morgan fingerprint density at radius 2 is 2.06 bits per heavy atom. The first kappa shape index (κ1) is 22.6. The molecular formula is C27H26N6O2S. The molecule has 1 aliphatic heterocycles. The summed E-state index contributed by atoms with van der Waals surface area (Å²) >= 11 is 1.51. The molecule has 0 aliphatic carbocycles. The molecule has 1 atom stereocenters. The van der Waals surface area contributed by atoms with Gasteiger partial charge in [0.25, 0.3) is 5.56 Å². The zero-order valence-electron chi connectivity index (χ0n) is 20.1. The number of nitrogens with zero attached hydrogens (tertiary/aromatic N) is 4. The lowest BCUT2D eigenvalue weighted by Gasteiger charge is -2.14. The van der Waals surface area contributed by atoms with E-state index in [0.717, 1.165) is 23.2 Å². The van der Waals surface area contributed by atoms with Gasteiger partial charge in [0.1, 0.15) is 5.39 Å². The smallest absolute Gasteiger partial charge is 0.265 e. The molecule has 0 saturated heterocycles. The molecule has 0 fully saturated rings. The van der Waals surface area contributed by atoms with Crippen LogP contribution in [0.2, 0.25) is 0 Å². The van der Waals surface area contributed by atoms with Gasteiger partial charge in [0, 0.05) is 35.8 Å². The van der Waals surface area contributed by atoms with E-state index in [1.165, 1.54) is 28.3 Å². The fourth-order valence-corrected chi connectivity index (χ4v) is 6.09. The number of amides is 1. The van der Waals surface area contributed by atoms with Crippen LogP contribution in [0.15, 0.2) is 64.8 Å². The van der Waals surface area contributed by atoms with E-state index in [1.54, 1.807) is 15.4 Å². The molecular weight excluding hydrogens is 472 g/mol. The Morgan fingerprint density at radius 3 is 2.92 bits per heavy atom. The third-order valence-corrected chi connectivity index (χ3v) is 7.86. The highest BCUT2D eigenvalue weighted by Crippen LogP contribution is 2.33. The summed E-state index contributed by atoms with van der Waals surface area (Å²) < 4.78 is 3.40. The van der Waals surface area contributed by atoms with Gasteiger partial charge in [-0.15, -0.1) is 0 Å². The number of rotatable bonds is 6. The Hall–Kier alpha value is -3.85. The van der Waals surface area contributed by atoms with Crippen molar-refractivity contribution in [3.05, 3.63) is 81.9 Å². The predicted molar refractivity (Wildman–Crippen MR) is 142 cm³/mol. The number of benzene rings is 2. The van der Waals surface area contributed by atoms with Gasteiger partial charge in [-0.1, -0.05) is 47.7 Å². The molecule has 1 unspecified atom stereocenters. The number of hydrogen-bond donors (Lipinski definition) is 2. The number of aromatic nitrogens is 5. The fraction of sp³-hybridized carbons (Fsp3) is 0.259. The number of thioether (sulfide) groups is 1. The lowest BCUT2D eigenvalue weighted by molar-refractivity contribution is -0.121. The molecule has 5 aromatic rings. The first-order valence-corrected chi connectivity index (χ1v) is 13.0. The number of fused-ring (bicyclic) bond motifs is 3. The fourth-order valence-electron chi connectivity index (χ4n) is 4.96. The average molecular weight is 499 g/mol. The van der Waals surface area contributed by atoms with Crippen molar-refractivity contribution in [2.45, 2.75) is 37.9 Å². The Morgan fingerprint density at radius 1 is 1.19 bits per heavy atom. The first-order chi connectivity index (χ1) is 17.5. The van der Waals surface area contributed by atoms with Crippen LogP contribution in [-0.2, 0) is 11.2 Å². The normalized spacial score (nSPS) is 15.0. The van der Waals surface area contributed by atoms with Crippen molar-refractivity contribution in [1.82, 2.24) is 29.6 Å². The minimum absolute atomic E-state index is 0.0636. The second kappa shape index (κ2) is 8.98. The third-order valence-electron chi connectivity index (χ3n) is 6.76. The predicted octanol–water partition coefficient (Wildman–Crippen LogP) is 4.08. The molecule has 1 amide bonds. The second-order valence-electron chi connectivity index (χ2n) is 9.28.